The molecule has 2 amide bonds. The van der Waals surface area contributed by atoms with Crippen molar-refractivity contribution in [2.24, 2.45) is 0 Å². The van der Waals surface area contributed by atoms with Gasteiger partial charge < -0.3 is 30.8 Å². The molecule has 1 aliphatic rings. The van der Waals surface area contributed by atoms with E-state index in [1.807, 2.05) is 4.90 Å². The number of nitrogens with two attached hydrogens (primary N) is 1. The summed E-state index contributed by atoms with van der Waals surface area (Å²) in [5.41, 5.74) is 5.70. The number of nitrogens with zero attached hydrogens (tertiary/aromatic N) is 1. The molecule has 0 saturated carbocycles. The molecule has 3 rings (SSSR count). The van der Waals surface area contributed by atoms with E-state index in [0.717, 1.165) is 0 Å². The van der Waals surface area contributed by atoms with E-state index in [9.17, 15) is 19.2 Å². The van der Waals surface area contributed by atoms with Gasteiger partial charge in [-0.05, 0) is 36.8 Å². The van der Waals surface area contributed by atoms with Crippen molar-refractivity contribution in [3.8, 4) is 0 Å². The predicted octanol–water partition coefficient (Wildman–Crippen LogP) is 0.855. The second kappa shape index (κ2) is 11.1. The Labute approximate surface area is 200 Å². The Balaban J connectivity index is 1.55. The number of piperidine rings is 1. The molecule has 0 bridgehead atoms. The van der Waals surface area contributed by atoms with Gasteiger partial charge in [-0.2, -0.15) is 0 Å². The quantitative estimate of drug-likeness (QED) is 0.415. The molecule has 2 aromatic rings. The van der Waals surface area contributed by atoms with Crippen LogP contribution in [0.2, 0.25) is 5.02 Å². The zero-order valence-electron chi connectivity index (χ0n) is 18.7. The molecule has 182 valence electrons. The number of halogens is 1. The van der Waals surface area contributed by atoms with Crippen LogP contribution in [0.5, 0.6) is 0 Å². The first-order valence-corrected chi connectivity index (χ1v) is 10.8. The number of anilines is 2. The number of aromatic nitrogens is 1. The number of hydrogen-bond acceptors (Lipinski definition) is 8. The number of amides is 2. The van der Waals surface area contributed by atoms with Crippen molar-refractivity contribution in [1.29, 1.82) is 0 Å². The standard InChI is InChI=1S/C22H26ClN5O6/c1-33-17-10-28(11-18(29)25-13-5-3-12(4-6-13)22(32)34-2)8-7-16(17)26-20(30)14-9-15(23)19(24)27-21(14)31/h3-6,9,16-17H,7-8,10-11H2,1-2H3,(H,25,29)(H,26,30)(H3,24,27,31)/t16-,17+/m0/s1. The summed E-state index contributed by atoms with van der Waals surface area (Å²) in [7, 11) is 2.82. The number of H-pyrrole nitrogens is 1. The van der Waals surface area contributed by atoms with E-state index in [2.05, 4.69) is 20.4 Å². The number of likely N-dealkylation sites (tertiary alicyclic amines) is 1. The van der Waals surface area contributed by atoms with Crippen LogP contribution in [0.3, 0.4) is 0 Å². The number of esters is 1. The smallest absolute Gasteiger partial charge is 0.337 e. The van der Waals surface area contributed by atoms with Gasteiger partial charge in [0, 0.05) is 25.9 Å². The lowest BCUT2D eigenvalue weighted by Gasteiger charge is -2.37. The van der Waals surface area contributed by atoms with Crippen LogP contribution in [0.4, 0.5) is 11.5 Å². The third-order valence-electron chi connectivity index (χ3n) is 5.49. The van der Waals surface area contributed by atoms with Crippen LogP contribution >= 0.6 is 11.6 Å². The molecule has 34 heavy (non-hydrogen) atoms. The summed E-state index contributed by atoms with van der Waals surface area (Å²) < 4.78 is 10.2. The number of aromatic amines is 1. The molecular weight excluding hydrogens is 466 g/mol. The number of carbonyl (C=O) groups is 3. The molecule has 0 spiro atoms. The Kier molecular flexibility index (Phi) is 8.26. The SMILES string of the molecule is COC(=O)c1ccc(NC(=O)CN2CC[C@H](NC(=O)c3cc(Cl)c(N)[nH]c3=O)[C@H](OC)C2)cc1. The molecule has 0 radical (unpaired) electrons. The van der Waals surface area contributed by atoms with Crippen LogP contribution in [-0.4, -0.2) is 73.7 Å². The number of methoxy groups -OCH3 is 2. The maximum absolute atomic E-state index is 12.6. The van der Waals surface area contributed by atoms with Crippen molar-refractivity contribution in [3.63, 3.8) is 0 Å². The summed E-state index contributed by atoms with van der Waals surface area (Å²) in [4.78, 5) is 52.9. The maximum Gasteiger partial charge on any atom is 0.337 e. The van der Waals surface area contributed by atoms with Crippen molar-refractivity contribution >= 4 is 40.9 Å². The molecule has 0 aliphatic carbocycles. The second-order valence-electron chi connectivity index (χ2n) is 7.77. The zero-order valence-corrected chi connectivity index (χ0v) is 19.5. The van der Waals surface area contributed by atoms with Crippen LogP contribution in [0.25, 0.3) is 0 Å². The van der Waals surface area contributed by atoms with Gasteiger partial charge in [0.2, 0.25) is 5.91 Å². The molecule has 1 aromatic carbocycles. The van der Waals surface area contributed by atoms with Gasteiger partial charge in [-0.15, -0.1) is 0 Å². The van der Waals surface area contributed by atoms with Crippen molar-refractivity contribution in [3.05, 3.63) is 56.8 Å². The molecule has 12 heteroatoms. The van der Waals surface area contributed by atoms with E-state index in [1.165, 1.54) is 20.3 Å². The van der Waals surface area contributed by atoms with Crippen molar-refractivity contribution in [2.45, 2.75) is 18.6 Å². The third-order valence-corrected chi connectivity index (χ3v) is 5.80. The molecule has 2 heterocycles. The van der Waals surface area contributed by atoms with Crippen molar-refractivity contribution < 1.29 is 23.9 Å². The minimum atomic E-state index is -0.637. The van der Waals surface area contributed by atoms with Gasteiger partial charge in [0.25, 0.3) is 11.5 Å². The second-order valence-corrected chi connectivity index (χ2v) is 8.18. The molecule has 1 aliphatic heterocycles. The highest BCUT2D eigenvalue weighted by molar-refractivity contribution is 6.33. The van der Waals surface area contributed by atoms with Gasteiger partial charge >= 0.3 is 5.97 Å². The highest BCUT2D eigenvalue weighted by Gasteiger charge is 2.32. The summed E-state index contributed by atoms with van der Waals surface area (Å²) in [6.07, 6.45) is 0.111. The number of nitrogens with one attached hydrogen (secondary N) is 3. The summed E-state index contributed by atoms with van der Waals surface area (Å²) in [5, 5.41) is 5.67. The minimum absolute atomic E-state index is 0.0102. The minimum Gasteiger partial charge on any atom is -0.465 e. The van der Waals surface area contributed by atoms with E-state index >= 15 is 0 Å². The Morgan fingerprint density at radius 1 is 1.24 bits per heavy atom. The van der Waals surface area contributed by atoms with Gasteiger partial charge in [-0.3, -0.25) is 19.3 Å². The molecule has 1 fully saturated rings. The number of hydrogen-bond donors (Lipinski definition) is 4. The summed E-state index contributed by atoms with van der Waals surface area (Å²) in [5.74, 6) is -1.28. The lowest BCUT2D eigenvalue weighted by Crippen LogP contribution is -2.56. The zero-order chi connectivity index (χ0) is 24.8. The molecule has 11 nitrogen and oxygen atoms in total. The topological polar surface area (TPSA) is 156 Å². The monoisotopic (exact) mass is 491 g/mol. The Hall–Kier alpha value is -3.41. The fourth-order valence-corrected chi connectivity index (χ4v) is 3.83. The third kappa shape index (κ3) is 6.13. The Bertz CT molecular complexity index is 1120. The van der Waals surface area contributed by atoms with Gasteiger partial charge in [-0.25, -0.2) is 4.79 Å². The number of nitrogen functional groups attached to an aromatic ring is 1. The lowest BCUT2D eigenvalue weighted by atomic mass is 10.0. The van der Waals surface area contributed by atoms with E-state index in [-0.39, 0.29) is 34.9 Å². The molecule has 2 atom stereocenters. The Morgan fingerprint density at radius 2 is 1.94 bits per heavy atom. The largest absolute Gasteiger partial charge is 0.465 e. The van der Waals surface area contributed by atoms with Gasteiger partial charge in [0.05, 0.1) is 36.4 Å². The molecule has 0 unspecified atom stereocenters. The van der Waals surface area contributed by atoms with Gasteiger partial charge in [0.15, 0.2) is 0 Å². The number of carbonyl (C=O) groups excluding carboxylic acids is 3. The summed E-state index contributed by atoms with van der Waals surface area (Å²) in [6.45, 7) is 1.04. The molecule has 1 aromatic heterocycles. The fraction of sp³-hybridized carbons (Fsp3) is 0.364. The van der Waals surface area contributed by atoms with Crippen molar-refractivity contribution in [2.75, 3.05) is 44.9 Å². The van der Waals surface area contributed by atoms with Crippen LogP contribution in [0, 0.1) is 0 Å². The average Bonchev–Trinajstić information content (AvgIpc) is 2.82. The highest BCUT2D eigenvalue weighted by Crippen LogP contribution is 2.17. The predicted molar refractivity (Wildman–Crippen MR) is 126 cm³/mol. The molecule has 5 N–H and O–H groups in total. The number of rotatable bonds is 7. The first kappa shape index (κ1) is 25.2. The van der Waals surface area contributed by atoms with E-state index in [0.29, 0.717) is 30.8 Å². The molecular formula is C22H26ClN5O6. The first-order valence-electron chi connectivity index (χ1n) is 10.4. The fourth-order valence-electron chi connectivity index (χ4n) is 3.67. The van der Waals surface area contributed by atoms with E-state index < -0.39 is 23.5 Å². The molecule has 1 saturated heterocycles. The van der Waals surface area contributed by atoms with E-state index in [1.54, 1.807) is 24.3 Å². The maximum atomic E-state index is 12.6. The highest BCUT2D eigenvalue weighted by atomic mass is 35.5. The number of benzene rings is 1. The Morgan fingerprint density at radius 3 is 2.59 bits per heavy atom. The van der Waals surface area contributed by atoms with Crippen molar-refractivity contribution in [1.82, 2.24) is 15.2 Å². The summed E-state index contributed by atoms with van der Waals surface area (Å²) in [6, 6.07) is 7.23. The summed E-state index contributed by atoms with van der Waals surface area (Å²) >= 11 is 5.92. The number of pyridine rings is 1. The van der Waals surface area contributed by atoms with E-state index in [4.69, 9.17) is 22.1 Å². The van der Waals surface area contributed by atoms with Crippen LogP contribution in [-0.2, 0) is 14.3 Å². The van der Waals surface area contributed by atoms with Crippen LogP contribution in [0.1, 0.15) is 27.1 Å². The number of ether oxygens (including phenoxy) is 2. The van der Waals surface area contributed by atoms with Gasteiger partial charge in [0.1, 0.15) is 11.4 Å². The normalized spacial score (nSPS) is 18.2. The average molecular weight is 492 g/mol. The van der Waals surface area contributed by atoms with Crippen LogP contribution < -0.4 is 21.9 Å². The first-order chi connectivity index (χ1) is 16.2. The lowest BCUT2D eigenvalue weighted by molar-refractivity contribution is -0.118. The van der Waals surface area contributed by atoms with Gasteiger partial charge in [-0.1, -0.05) is 11.6 Å². The van der Waals surface area contributed by atoms with Crippen LogP contribution in [0.15, 0.2) is 35.1 Å².